The molecule has 2 aliphatic rings. The van der Waals surface area contributed by atoms with E-state index >= 15 is 0 Å². The predicted octanol–water partition coefficient (Wildman–Crippen LogP) is 3.97. The number of thiophene rings is 1. The fraction of sp³-hybridized carbons (Fsp3) is 0.722. The molecule has 128 valence electrons. The Kier molecular flexibility index (Phi) is 5.59. The van der Waals surface area contributed by atoms with Crippen molar-refractivity contribution in [2.75, 3.05) is 19.7 Å². The Morgan fingerprint density at radius 2 is 2.22 bits per heavy atom. The second-order valence-electron chi connectivity index (χ2n) is 6.82. The molecule has 1 N–H and O–H groups in total. The Bertz CT molecular complexity index is 531. The number of fused-ring (bicyclic) bond motifs is 1. The molecule has 2 heterocycles. The molecule has 0 aromatic carbocycles. The maximum Gasteiger partial charge on any atom is 0.317 e. The summed E-state index contributed by atoms with van der Waals surface area (Å²) in [6.07, 6.45) is 6.39. The maximum absolute atomic E-state index is 12.4. The van der Waals surface area contributed by atoms with Gasteiger partial charge in [0, 0.05) is 18.0 Å². The maximum atomic E-state index is 12.4. The number of nitrogens with zero attached hydrogens (tertiary/aromatic N) is 1. The van der Waals surface area contributed by atoms with Crippen LogP contribution < -0.4 is 5.32 Å². The molecule has 0 unspecified atom stereocenters. The summed E-state index contributed by atoms with van der Waals surface area (Å²) in [5.74, 6) is 0.651. The highest BCUT2D eigenvalue weighted by Crippen LogP contribution is 2.32. The second-order valence-corrected chi connectivity index (χ2v) is 7.82. The molecule has 23 heavy (non-hydrogen) atoms. The van der Waals surface area contributed by atoms with Crippen LogP contribution >= 0.6 is 11.3 Å². The minimum Gasteiger partial charge on any atom is -0.376 e. The van der Waals surface area contributed by atoms with E-state index in [9.17, 15) is 4.79 Å². The summed E-state index contributed by atoms with van der Waals surface area (Å²) in [6, 6.07) is 2.36. The van der Waals surface area contributed by atoms with Gasteiger partial charge in [0.25, 0.3) is 0 Å². The largest absolute Gasteiger partial charge is 0.376 e. The van der Waals surface area contributed by atoms with Crippen molar-refractivity contribution in [2.45, 2.75) is 58.1 Å². The van der Waals surface area contributed by atoms with Crippen molar-refractivity contribution in [3.63, 3.8) is 0 Å². The van der Waals surface area contributed by atoms with Crippen molar-refractivity contribution in [1.82, 2.24) is 10.2 Å². The second kappa shape index (κ2) is 7.67. The van der Waals surface area contributed by atoms with E-state index in [0.29, 0.717) is 25.2 Å². The normalized spacial score (nSPS) is 27.6. The van der Waals surface area contributed by atoms with Crippen LogP contribution in [-0.2, 0) is 11.2 Å². The van der Waals surface area contributed by atoms with E-state index in [1.165, 1.54) is 36.1 Å². The summed E-state index contributed by atoms with van der Waals surface area (Å²) >= 11 is 1.80. The first-order chi connectivity index (χ1) is 11.2. The van der Waals surface area contributed by atoms with Crippen LogP contribution in [0.5, 0.6) is 0 Å². The first-order valence-corrected chi connectivity index (χ1v) is 9.77. The quantitative estimate of drug-likeness (QED) is 0.845. The minimum absolute atomic E-state index is 0.0367. The van der Waals surface area contributed by atoms with Gasteiger partial charge < -0.3 is 15.0 Å². The summed E-state index contributed by atoms with van der Waals surface area (Å²) in [5, 5.41) is 5.15. The zero-order valence-electron chi connectivity index (χ0n) is 14.2. The molecule has 3 rings (SSSR count). The van der Waals surface area contributed by atoms with E-state index in [2.05, 4.69) is 30.6 Å². The number of ether oxygens (including phenoxy) is 1. The minimum atomic E-state index is 0.0367. The van der Waals surface area contributed by atoms with Gasteiger partial charge in [-0.2, -0.15) is 0 Å². The van der Waals surface area contributed by atoms with E-state index in [4.69, 9.17) is 4.74 Å². The topological polar surface area (TPSA) is 41.6 Å². The van der Waals surface area contributed by atoms with Crippen LogP contribution in [0, 0.1) is 5.92 Å². The zero-order valence-corrected chi connectivity index (χ0v) is 15.0. The molecule has 1 aliphatic carbocycles. The van der Waals surface area contributed by atoms with Crippen molar-refractivity contribution in [2.24, 2.45) is 5.92 Å². The molecule has 1 aliphatic heterocycles. The lowest BCUT2D eigenvalue weighted by atomic mass is 9.88. The van der Waals surface area contributed by atoms with Crippen LogP contribution in [0.25, 0.3) is 0 Å². The van der Waals surface area contributed by atoms with E-state index in [-0.39, 0.29) is 12.1 Å². The van der Waals surface area contributed by atoms with Crippen LogP contribution in [0.15, 0.2) is 11.4 Å². The lowest BCUT2D eigenvalue weighted by Crippen LogP contribution is -2.45. The van der Waals surface area contributed by atoms with Crippen LogP contribution in [0.3, 0.4) is 0 Å². The molecule has 0 saturated heterocycles. The van der Waals surface area contributed by atoms with Crippen molar-refractivity contribution in [3.05, 3.63) is 21.9 Å². The van der Waals surface area contributed by atoms with Crippen molar-refractivity contribution < 1.29 is 9.53 Å². The van der Waals surface area contributed by atoms with Gasteiger partial charge in [0.15, 0.2) is 0 Å². The van der Waals surface area contributed by atoms with E-state index in [1.54, 1.807) is 11.3 Å². The molecule has 1 aromatic rings. The predicted molar refractivity (Wildman–Crippen MR) is 93.9 cm³/mol. The molecule has 2 amide bonds. The number of hydrogen-bond acceptors (Lipinski definition) is 3. The third kappa shape index (κ3) is 3.89. The third-order valence-electron chi connectivity index (χ3n) is 5.28. The van der Waals surface area contributed by atoms with Crippen molar-refractivity contribution in [3.8, 4) is 0 Å². The number of rotatable bonds is 4. The number of amides is 2. The van der Waals surface area contributed by atoms with E-state index < -0.39 is 0 Å². The Balaban J connectivity index is 1.41. The molecule has 1 aromatic heterocycles. The Morgan fingerprint density at radius 3 is 3.04 bits per heavy atom. The molecule has 1 fully saturated rings. The molecule has 5 heteroatoms. The number of carbonyl (C=O) groups is 1. The Labute approximate surface area is 143 Å². The molecular formula is C18H28N2O2S. The highest BCUT2D eigenvalue weighted by Gasteiger charge is 2.28. The summed E-state index contributed by atoms with van der Waals surface area (Å²) in [4.78, 5) is 15.8. The molecular weight excluding hydrogens is 308 g/mol. The SMILES string of the molecule is C[C@@H]1CCCC[C@@H]1OCCNC(=O)N1CCc2sccc2[C@@H]1C. The lowest BCUT2D eigenvalue weighted by molar-refractivity contribution is -0.00282. The number of nitrogens with one attached hydrogen (secondary N) is 1. The molecule has 1 saturated carbocycles. The zero-order chi connectivity index (χ0) is 16.2. The number of carbonyl (C=O) groups excluding carboxylic acids is 1. The average Bonchev–Trinajstić information content (AvgIpc) is 3.03. The first kappa shape index (κ1) is 16.8. The fourth-order valence-corrected chi connectivity index (χ4v) is 4.75. The van der Waals surface area contributed by atoms with Gasteiger partial charge in [-0.05, 0) is 49.1 Å². The Hall–Kier alpha value is -1.07. The smallest absolute Gasteiger partial charge is 0.317 e. The van der Waals surface area contributed by atoms with Gasteiger partial charge >= 0.3 is 6.03 Å². The van der Waals surface area contributed by atoms with Gasteiger partial charge in [-0.15, -0.1) is 11.3 Å². The van der Waals surface area contributed by atoms with Gasteiger partial charge in [0.1, 0.15) is 0 Å². The fourth-order valence-electron chi connectivity index (χ4n) is 3.79. The summed E-state index contributed by atoms with van der Waals surface area (Å²) < 4.78 is 5.97. The summed E-state index contributed by atoms with van der Waals surface area (Å²) in [6.45, 7) is 6.41. The van der Waals surface area contributed by atoms with E-state index in [1.807, 2.05) is 4.90 Å². The molecule has 0 radical (unpaired) electrons. The van der Waals surface area contributed by atoms with Crippen LogP contribution in [0.2, 0.25) is 0 Å². The van der Waals surface area contributed by atoms with Gasteiger partial charge in [-0.3, -0.25) is 0 Å². The third-order valence-corrected chi connectivity index (χ3v) is 6.28. The highest BCUT2D eigenvalue weighted by atomic mass is 32.1. The van der Waals surface area contributed by atoms with Crippen LogP contribution in [-0.4, -0.2) is 36.7 Å². The monoisotopic (exact) mass is 336 g/mol. The van der Waals surface area contributed by atoms with Crippen LogP contribution in [0.1, 0.15) is 56.0 Å². The van der Waals surface area contributed by atoms with Gasteiger partial charge in [-0.25, -0.2) is 4.79 Å². The lowest BCUT2D eigenvalue weighted by Gasteiger charge is -2.34. The van der Waals surface area contributed by atoms with Crippen molar-refractivity contribution >= 4 is 17.4 Å². The number of urea groups is 1. The van der Waals surface area contributed by atoms with E-state index in [0.717, 1.165) is 13.0 Å². The van der Waals surface area contributed by atoms with Gasteiger partial charge in [0.2, 0.25) is 0 Å². The number of hydrogen-bond donors (Lipinski definition) is 1. The molecule has 3 atom stereocenters. The van der Waals surface area contributed by atoms with Crippen molar-refractivity contribution in [1.29, 1.82) is 0 Å². The first-order valence-electron chi connectivity index (χ1n) is 8.89. The van der Waals surface area contributed by atoms with Gasteiger partial charge in [-0.1, -0.05) is 19.8 Å². The van der Waals surface area contributed by atoms with Crippen LogP contribution in [0.4, 0.5) is 4.79 Å². The van der Waals surface area contributed by atoms with Gasteiger partial charge in [0.05, 0.1) is 18.8 Å². The molecule has 0 spiro atoms. The molecule has 4 nitrogen and oxygen atoms in total. The summed E-state index contributed by atoms with van der Waals surface area (Å²) in [5.41, 5.74) is 1.31. The highest BCUT2D eigenvalue weighted by molar-refractivity contribution is 7.10. The standard InChI is InChI=1S/C18H28N2O2S/c1-13-5-3-4-6-16(13)22-11-9-19-18(21)20-10-7-17-15(14(20)2)8-12-23-17/h8,12-14,16H,3-7,9-11H2,1-2H3,(H,19,21)/t13-,14+,16+/m1/s1. The molecule has 0 bridgehead atoms. The average molecular weight is 337 g/mol. The Morgan fingerprint density at radius 1 is 1.39 bits per heavy atom. The summed E-state index contributed by atoms with van der Waals surface area (Å²) in [7, 11) is 0.